The summed E-state index contributed by atoms with van der Waals surface area (Å²) in [4.78, 5) is 0. The quantitative estimate of drug-likeness (QED) is 0.492. The Morgan fingerprint density at radius 2 is 1.71 bits per heavy atom. The molecule has 1 saturated heterocycles. The van der Waals surface area contributed by atoms with Gasteiger partial charge in [-0.25, -0.2) is 4.68 Å². The summed E-state index contributed by atoms with van der Waals surface area (Å²) in [5.74, 6) is 0.826. The minimum Gasteiger partial charge on any atom is -0.497 e. The number of rotatable bonds is 5. The molecule has 2 atom stereocenters. The van der Waals surface area contributed by atoms with Crippen LogP contribution in [-0.2, 0) is 10.3 Å². The van der Waals surface area contributed by atoms with Gasteiger partial charge in [-0.2, -0.15) is 0 Å². The maximum Gasteiger partial charge on any atom is 0.143 e. The third-order valence-corrected chi connectivity index (χ3v) is 5.49. The SMILES string of the molecule is COc1ccc([C@H](n2nnc3ccccc32)[C@@]2(c3ccc(C)cc3)CO2)cc1. The van der Waals surface area contributed by atoms with Crippen molar-refractivity contribution in [3.05, 3.63) is 89.5 Å². The van der Waals surface area contributed by atoms with Crippen LogP contribution in [0.4, 0.5) is 0 Å². The molecular formula is C23H21N3O2. The number of hydrogen-bond donors (Lipinski definition) is 0. The van der Waals surface area contributed by atoms with E-state index in [4.69, 9.17) is 9.47 Å². The molecule has 5 nitrogen and oxygen atoms in total. The van der Waals surface area contributed by atoms with E-state index in [0.717, 1.165) is 27.9 Å². The molecule has 1 aliphatic heterocycles. The zero-order valence-electron chi connectivity index (χ0n) is 15.9. The number of aromatic nitrogens is 3. The first-order chi connectivity index (χ1) is 13.7. The van der Waals surface area contributed by atoms with Crippen molar-refractivity contribution in [2.75, 3.05) is 13.7 Å². The minimum atomic E-state index is -0.460. The van der Waals surface area contributed by atoms with Crippen LogP contribution in [-0.4, -0.2) is 28.7 Å². The van der Waals surface area contributed by atoms with E-state index in [1.165, 1.54) is 5.56 Å². The lowest BCUT2D eigenvalue weighted by Crippen LogP contribution is -2.28. The van der Waals surface area contributed by atoms with E-state index in [1.807, 2.05) is 35.0 Å². The van der Waals surface area contributed by atoms with Gasteiger partial charge < -0.3 is 9.47 Å². The van der Waals surface area contributed by atoms with Crippen molar-refractivity contribution in [3.8, 4) is 5.75 Å². The molecule has 0 bridgehead atoms. The first kappa shape index (κ1) is 17.0. The lowest BCUT2D eigenvalue weighted by Gasteiger charge is -2.26. The third kappa shape index (κ3) is 2.67. The molecule has 1 aliphatic rings. The summed E-state index contributed by atoms with van der Waals surface area (Å²) < 4.78 is 13.5. The topological polar surface area (TPSA) is 52.5 Å². The zero-order chi connectivity index (χ0) is 19.1. The Labute approximate surface area is 163 Å². The molecule has 0 spiro atoms. The van der Waals surface area contributed by atoms with Gasteiger partial charge in [0.25, 0.3) is 0 Å². The Kier molecular flexibility index (Phi) is 3.91. The normalized spacial score (nSPS) is 19.5. The number of hydrogen-bond acceptors (Lipinski definition) is 4. The number of benzene rings is 3. The predicted molar refractivity (Wildman–Crippen MR) is 107 cm³/mol. The monoisotopic (exact) mass is 371 g/mol. The first-order valence-electron chi connectivity index (χ1n) is 9.36. The molecule has 0 amide bonds. The molecule has 140 valence electrons. The van der Waals surface area contributed by atoms with Crippen LogP contribution in [0.15, 0.2) is 72.8 Å². The minimum absolute atomic E-state index is 0.131. The Balaban J connectivity index is 1.69. The number of para-hydroxylation sites is 1. The standard InChI is InChI=1S/C23H21N3O2/c1-16-7-11-18(12-8-16)23(15-28-23)22(17-9-13-19(27-2)14-10-17)26-21-6-4-3-5-20(21)24-25-26/h3-14,22H,15H2,1-2H3/t22-,23-/m0/s1. The van der Waals surface area contributed by atoms with Crippen LogP contribution < -0.4 is 4.74 Å². The summed E-state index contributed by atoms with van der Waals surface area (Å²) >= 11 is 0. The maximum atomic E-state index is 6.15. The summed E-state index contributed by atoms with van der Waals surface area (Å²) in [5, 5.41) is 8.90. The van der Waals surface area contributed by atoms with Gasteiger partial charge in [0.2, 0.25) is 0 Å². The van der Waals surface area contributed by atoms with E-state index in [1.54, 1.807) is 7.11 Å². The van der Waals surface area contributed by atoms with Gasteiger partial charge in [0.1, 0.15) is 22.9 Å². The van der Waals surface area contributed by atoms with Gasteiger partial charge in [-0.3, -0.25) is 0 Å². The third-order valence-electron chi connectivity index (χ3n) is 5.49. The average molecular weight is 371 g/mol. The van der Waals surface area contributed by atoms with E-state index in [0.29, 0.717) is 6.61 Å². The molecule has 3 aromatic carbocycles. The number of aryl methyl sites for hydroxylation is 1. The number of ether oxygens (including phenoxy) is 2. The van der Waals surface area contributed by atoms with Gasteiger partial charge in [-0.05, 0) is 42.3 Å². The van der Waals surface area contributed by atoms with Crippen LogP contribution in [0.1, 0.15) is 22.7 Å². The molecule has 0 aliphatic carbocycles. The van der Waals surface area contributed by atoms with Gasteiger partial charge in [0, 0.05) is 0 Å². The number of fused-ring (bicyclic) bond motifs is 1. The lowest BCUT2D eigenvalue weighted by atomic mass is 9.86. The molecule has 28 heavy (non-hydrogen) atoms. The van der Waals surface area contributed by atoms with Gasteiger partial charge in [0.15, 0.2) is 0 Å². The van der Waals surface area contributed by atoms with Gasteiger partial charge >= 0.3 is 0 Å². The summed E-state index contributed by atoms with van der Waals surface area (Å²) in [6.07, 6.45) is 0. The second-order valence-electron chi connectivity index (χ2n) is 7.24. The summed E-state index contributed by atoms with van der Waals surface area (Å²) in [5.41, 5.74) is 4.89. The number of nitrogens with zero attached hydrogens (tertiary/aromatic N) is 3. The highest BCUT2D eigenvalue weighted by Gasteiger charge is 2.55. The molecule has 0 unspecified atom stereocenters. The highest BCUT2D eigenvalue weighted by atomic mass is 16.6. The van der Waals surface area contributed by atoms with Crippen LogP contribution >= 0.6 is 0 Å². The number of epoxide rings is 1. The highest BCUT2D eigenvalue weighted by Crippen LogP contribution is 2.51. The van der Waals surface area contributed by atoms with Crippen molar-refractivity contribution >= 4 is 11.0 Å². The van der Waals surface area contributed by atoms with Crippen LogP contribution in [0.2, 0.25) is 0 Å². The van der Waals surface area contributed by atoms with Crippen molar-refractivity contribution in [2.24, 2.45) is 0 Å². The largest absolute Gasteiger partial charge is 0.497 e. The van der Waals surface area contributed by atoms with Gasteiger partial charge in [0.05, 0.1) is 19.2 Å². The first-order valence-corrected chi connectivity index (χ1v) is 9.36. The Bertz CT molecular complexity index is 1110. The molecule has 0 radical (unpaired) electrons. The second kappa shape index (κ2) is 6.46. The Morgan fingerprint density at radius 1 is 1.00 bits per heavy atom. The fourth-order valence-electron chi connectivity index (χ4n) is 3.87. The summed E-state index contributed by atoms with van der Waals surface area (Å²) in [6, 6.07) is 24.6. The number of methoxy groups -OCH3 is 1. The molecule has 5 heteroatoms. The fraction of sp³-hybridized carbons (Fsp3) is 0.217. The maximum absolute atomic E-state index is 6.15. The van der Waals surface area contributed by atoms with Crippen molar-refractivity contribution in [1.29, 1.82) is 0 Å². The average Bonchev–Trinajstić information content (AvgIpc) is 3.43. The van der Waals surface area contributed by atoms with E-state index in [-0.39, 0.29) is 6.04 Å². The van der Waals surface area contributed by atoms with E-state index in [2.05, 4.69) is 59.7 Å². The summed E-state index contributed by atoms with van der Waals surface area (Å²) in [6.45, 7) is 2.73. The van der Waals surface area contributed by atoms with Crippen molar-refractivity contribution in [2.45, 2.75) is 18.6 Å². The second-order valence-corrected chi connectivity index (χ2v) is 7.24. The van der Waals surface area contributed by atoms with E-state index < -0.39 is 5.60 Å². The molecule has 4 aromatic rings. The molecule has 1 fully saturated rings. The molecule has 0 N–H and O–H groups in total. The summed E-state index contributed by atoms with van der Waals surface area (Å²) in [7, 11) is 1.68. The van der Waals surface area contributed by atoms with Gasteiger partial charge in [-0.15, -0.1) is 5.10 Å². The van der Waals surface area contributed by atoms with E-state index in [9.17, 15) is 0 Å². The lowest BCUT2D eigenvalue weighted by molar-refractivity contribution is 0.235. The van der Waals surface area contributed by atoms with Crippen molar-refractivity contribution in [1.82, 2.24) is 15.0 Å². The molecule has 2 heterocycles. The van der Waals surface area contributed by atoms with E-state index >= 15 is 0 Å². The van der Waals surface area contributed by atoms with Crippen LogP contribution in [0.25, 0.3) is 11.0 Å². The predicted octanol–water partition coefficient (Wildman–Crippen LogP) is 4.26. The molecular weight excluding hydrogens is 350 g/mol. The molecule has 0 saturated carbocycles. The van der Waals surface area contributed by atoms with Crippen molar-refractivity contribution < 1.29 is 9.47 Å². The fourth-order valence-corrected chi connectivity index (χ4v) is 3.87. The highest BCUT2D eigenvalue weighted by molar-refractivity contribution is 5.74. The van der Waals surface area contributed by atoms with Gasteiger partial charge in [-0.1, -0.05) is 59.3 Å². The van der Waals surface area contributed by atoms with Crippen LogP contribution in [0.5, 0.6) is 5.75 Å². The Morgan fingerprint density at radius 3 is 2.39 bits per heavy atom. The zero-order valence-corrected chi connectivity index (χ0v) is 15.9. The van der Waals surface area contributed by atoms with Crippen molar-refractivity contribution in [3.63, 3.8) is 0 Å². The van der Waals surface area contributed by atoms with Crippen LogP contribution in [0, 0.1) is 6.92 Å². The molecule has 5 rings (SSSR count). The van der Waals surface area contributed by atoms with Crippen LogP contribution in [0.3, 0.4) is 0 Å². The molecule has 1 aromatic heterocycles. The smallest absolute Gasteiger partial charge is 0.143 e. The Hall–Kier alpha value is -3.18.